The molecule has 17 heavy (non-hydrogen) atoms. The highest BCUT2D eigenvalue weighted by molar-refractivity contribution is 5.92. The first-order valence-electron chi connectivity index (χ1n) is 5.20. The molecule has 1 aromatic carbocycles. The van der Waals surface area contributed by atoms with Crippen molar-refractivity contribution in [1.82, 2.24) is 4.98 Å². The summed E-state index contributed by atoms with van der Waals surface area (Å²) in [4.78, 5) is 15.6. The van der Waals surface area contributed by atoms with Gasteiger partial charge in [-0.1, -0.05) is 18.2 Å². The minimum atomic E-state index is -0.443. The number of benzene rings is 1. The normalized spacial score (nSPS) is 9.94. The third-order valence-corrected chi connectivity index (χ3v) is 2.22. The summed E-state index contributed by atoms with van der Waals surface area (Å²) in [6, 6.07) is 11.4. The maximum absolute atomic E-state index is 13.3. The molecule has 1 amide bonds. The van der Waals surface area contributed by atoms with Gasteiger partial charge < -0.3 is 5.32 Å². The second-order valence-electron chi connectivity index (χ2n) is 3.53. The highest BCUT2D eigenvalue weighted by Crippen LogP contribution is 2.12. The number of aromatic nitrogens is 1. The van der Waals surface area contributed by atoms with E-state index in [4.69, 9.17) is 0 Å². The third-order valence-electron chi connectivity index (χ3n) is 2.22. The molecule has 0 radical (unpaired) electrons. The molecule has 0 fully saturated rings. The van der Waals surface area contributed by atoms with Crippen LogP contribution in [0.3, 0.4) is 0 Å². The fourth-order valence-electron chi connectivity index (χ4n) is 1.42. The van der Waals surface area contributed by atoms with E-state index < -0.39 is 5.82 Å². The van der Waals surface area contributed by atoms with Crippen molar-refractivity contribution in [3.05, 3.63) is 60.2 Å². The van der Waals surface area contributed by atoms with Crippen LogP contribution in [0.5, 0.6) is 0 Å². The number of para-hydroxylation sites is 1. The first-order valence-corrected chi connectivity index (χ1v) is 5.20. The Morgan fingerprint density at radius 1 is 1.18 bits per heavy atom. The van der Waals surface area contributed by atoms with E-state index in [-0.39, 0.29) is 18.0 Å². The number of nitrogens with zero attached hydrogens (tertiary/aromatic N) is 1. The molecule has 1 aromatic heterocycles. The van der Waals surface area contributed by atoms with Crippen LogP contribution in [0.15, 0.2) is 48.7 Å². The Morgan fingerprint density at radius 3 is 2.65 bits per heavy atom. The Morgan fingerprint density at radius 2 is 1.94 bits per heavy atom. The molecule has 0 aliphatic heterocycles. The summed E-state index contributed by atoms with van der Waals surface area (Å²) in [5.41, 5.74) is 0.842. The van der Waals surface area contributed by atoms with Crippen LogP contribution in [0, 0.1) is 5.82 Å². The maximum Gasteiger partial charge on any atom is 0.230 e. The molecule has 2 rings (SSSR count). The molecule has 4 heteroatoms. The van der Waals surface area contributed by atoms with Gasteiger partial charge in [0.25, 0.3) is 0 Å². The fourth-order valence-corrected chi connectivity index (χ4v) is 1.42. The lowest BCUT2D eigenvalue weighted by molar-refractivity contribution is -0.115. The quantitative estimate of drug-likeness (QED) is 0.879. The molecule has 0 aliphatic rings. The maximum atomic E-state index is 13.3. The van der Waals surface area contributed by atoms with E-state index in [1.54, 1.807) is 36.5 Å². The number of amides is 1. The zero-order valence-electron chi connectivity index (χ0n) is 9.06. The van der Waals surface area contributed by atoms with Crippen molar-refractivity contribution in [3.8, 4) is 0 Å². The lowest BCUT2D eigenvalue weighted by Gasteiger charge is -2.05. The average molecular weight is 230 g/mol. The zero-order valence-corrected chi connectivity index (χ0v) is 9.06. The SMILES string of the molecule is O=C(Cc1ccccn1)Nc1ccccc1F. The van der Waals surface area contributed by atoms with Crippen LogP contribution >= 0.6 is 0 Å². The molecule has 86 valence electrons. The van der Waals surface area contributed by atoms with Gasteiger partial charge in [-0.3, -0.25) is 9.78 Å². The van der Waals surface area contributed by atoms with Gasteiger partial charge in [0.2, 0.25) is 5.91 Å². The van der Waals surface area contributed by atoms with Crippen molar-refractivity contribution in [2.45, 2.75) is 6.42 Å². The van der Waals surface area contributed by atoms with Gasteiger partial charge in [-0.05, 0) is 24.3 Å². The van der Waals surface area contributed by atoms with Crippen LogP contribution in [0.25, 0.3) is 0 Å². The van der Waals surface area contributed by atoms with E-state index in [2.05, 4.69) is 10.3 Å². The first kappa shape index (κ1) is 11.3. The third kappa shape index (κ3) is 3.11. The average Bonchev–Trinajstić information content (AvgIpc) is 2.33. The molecule has 0 bridgehead atoms. The van der Waals surface area contributed by atoms with Crippen LogP contribution in [-0.2, 0) is 11.2 Å². The van der Waals surface area contributed by atoms with E-state index in [0.29, 0.717) is 5.69 Å². The molecule has 0 unspecified atom stereocenters. The highest BCUT2D eigenvalue weighted by atomic mass is 19.1. The van der Waals surface area contributed by atoms with Gasteiger partial charge in [-0.2, -0.15) is 0 Å². The largest absolute Gasteiger partial charge is 0.323 e. The monoisotopic (exact) mass is 230 g/mol. The summed E-state index contributed by atoms with van der Waals surface area (Å²) in [5.74, 6) is -0.726. The summed E-state index contributed by atoms with van der Waals surface area (Å²) in [7, 11) is 0. The van der Waals surface area contributed by atoms with E-state index in [1.165, 1.54) is 12.1 Å². The first-order chi connectivity index (χ1) is 8.25. The van der Waals surface area contributed by atoms with Crippen molar-refractivity contribution in [2.24, 2.45) is 0 Å². The minimum absolute atomic E-state index is 0.134. The van der Waals surface area contributed by atoms with Crippen molar-refractivity contribution in [2.75, 3.05) is 5.32 Å². The molecule has 0 saturated heterocycles. The van der Waals surface area contributed by atoms with E-state index >= 15 is 0 Å². The van der Waals surface area contributed by atoms with E-state index in [9.17, 15) is 9.18 Å². The molecule has 0 atom stereocenters. The van der Waals surface area contributed by atoms with Crippen molar-refractivity contribution < 1.29 is 9.18 Å². The number of carbonyl (C=O) groups is 1. The molecular formula is C13H11FN2O. The van der Waals surface area contributed by atoms with Crippen molar-refractivity contribution in [3.63, 3.8) is 0 Å². The number of hydrogen-bond donors (Lipinski definition) is 1. The second kappa shape index (κ2) is 5.21. The topological polar surface area (TPSA) is 42.0 Å². The number of pyridine rings is 1. The van der Waals surface area contributed by atoms with Gasteiger partial charge in [0.1, 0.15) is 5.82 Å². The number of anilines is 1. The molecule has 1 heterocycles. The lowest BCUT2D eigenvalue weighted by Crippen LogP contribution is -2.15. The van der Waals surface area contributed by atoms with Crippen LogP contribution in [-0.4, -0.2) is 10.9 Å². The molecule has 1 N–H and O–H groups in total. The Kier molecular flexibility index (Phi) is 3.45. The Bertz CT molecular complexity index is 514. The van der Waals surface area contributed by atoms with Crippen LogP contribution < -0.4 is 5.32 Å². The highest BCUT2D eigenvalue weighted by Gasteiger charge is 2.07. The van der Waals surface area contributed by atoms with Gasteiger partial charge in [0.15, 0.2) is 0 Å². The second-order valence-corrected chi connectivity index (χ2v) is 3.53. The fraction of sp³-hybridized carbons (Fsp3) is 0.0769. The van der Waals surface area contributed by atoms with Crippen LogP contribution in [0.1, 0.15) is 5.69 Å². The van der Waals surface area contributed by atoms with E-state index in [1.807, 2.05) is 0 Å². The van der Waals surface area contributed by atoms with Gasteiger partial charge in [0, 0.05) is 11.9 Å². The van der Waals surface area contributed by atoms with Crippen LogP contribution in [0.4, 0.5) is 10.1 Å². The predicted molar refractivity (Wildman–Crippen MR) is 63.0 cm³/mol. The molecule has 0 saturated carbocycles. The summed E-state index contributed by atoms with van der Waals surface area (Å²) < 4.78 is 13.3. The van der Waals surface area contributed by atoms with Crippen molar-refractivity contribution in [1.29, 1.82) is 0 Å². The van der Waals surface area contributed by atoms with Gasteiger partial charge >= 0.3 is 0 Å². The molecule has 0 aliphatic carbocycles. The van der Waals surface area contributed by atoms with Gasteiger partial charge in [-0.25, -0.2) is 4.39 Å². The Balaban J connectivity index is 2.01. The summed E-state index contributed by atoms with van der Waals surface area (Å²) in [6.07, 6.45) is 1.75. The summed E-state index contributed by atoms with van der Waals surface area (Å²) in [6.45, 7) is 0. The molecule has 0 spiro atoms. The Labute approximate surface area is 98.3 Å². The van der Waals surface area contributed by atoms with E-state index in [0.717, 1.165) is 0 Å². The lowest BCUT2D eigenvalue weighted by atomic mass is 10.2. The number of carbonyl (C=O) groups excluding carboxylic acids is 1. The van der Waals surface area contributed by atoms with Crippen molar-refractivity contribution >= 4 is 11.6 Å². The predicted octanol–water partition coefficient (Wildman–Crippen LogP) is 2.40. The summed E-state index contributed by atoms with van der Waals surface area (Å²) in [5, 5.41) is 2.50. The molecule has 2 aromatic rings. The standard InChI is InChI=1S/C13H11FN2O/c14-11-6-1-2-7-12(11)16-13(17)9-10-5-3-4-8-15-10/h1-8H,9H2,(H,16,17). The summed E-state index contributed by atoms with van der Waals surface area (Å²) >= 11 is 0. The number of rotatable bonds is 3. The number of nitrogens with one attached hydrogen (secondary N) is 1. The van der Waals surface area contributed by atoms with Gasteiger partial charge in [0.05, 0.1) is 12.1 Å². The van der Waals surface area contributed by atoms with Crippen LogP contribution in [0.2, 0.25) is 0 Å². The Hall–Kier alpha value is -2.23. The number of hydrogen-bond acceptors (Lipinski definition) is 2. The number of halogens is 1. The van der Waals surface area contributed by atoms with Gasteiger partial charge in [-0.15, -0.1) is 0 Å². The molecule has 3 nitrogen and oxygen atoms in total. The smallest absolute Gasteiger partial charge is 0.230 e. The zero-order chi connectivity index (χ0) is 12.1. The minimum Gasteiger partial charge on any atom is -0.323 e. The molecular weight excluding hydrogens is 219 g/mol.